The van der Waals surface area contributed by atoms with Gasteiger partial charge in [0.15, 0.2) is 12.7 Å². The summed E-state index contributed by atoms with van der Waals surface area (Å²) in [5.74, 6) is -0.733. The summed E-state index contributed by atoms with van der Waals surface area (Å²) < 4.78 is 15.9. The summed E-state index contributed by atoms with van der Waals surface area (Å²) in [5.41, 5.74) is 0. The molecule has 0 radical (unpaired) electrons. The maximum atomic E-state index is 11.8. The van der Waals surface area contributed by atoms with Crippen molar-refractivity contribution in [2.45, 2.75) is 70.1 Å². The van der Waals surface area contributed by atoms with Gasteiger partial charge in [0.1, 0.15) is 0 Å². The van der Waals surface area contributed by atoms with Crippen molar-refractivity contribution in [2.75, 3.05) is 19.8 Å². The molecule has 2 aliphatic rings. The molecule has 0 bridgehead atoms. The first kappa shape index (κ1) is 17.2. The fraction of sp³-hybridized carbons (Fsp3) is 0.875. The highest BCUT2D eigenvalue weighted by molar-refractivity contribution is 5.82. The van der Waals surface area contributed by atoms with Gasteiger partial charge in [-0.25, -0.2) is 4.79 Å². The summed E-state index contributed by atoms with van der Waals surface area (Å²) in [5, 5.41) is 2.91. The number of hydrogen-bond acceptors (Lipinski definition) is 5. The molecular formula is C16H27NO5. The Morgan fingerprint density at radius 1 is 1.18 bits per heavy atom. The Kier molecular flexibility index (Phi) is 7.12. The minimum atomic E-state index is -0.674. The smallest absolute Gasteiger partial charge is 0.335 e. The second-order valence-corrected chi connectivity index (χ2v) is 6.12. The topological polar surface area (TPSA) is 73.9 Å². The largest absolute Gasteiger partial charge is 0.454 e. The lowest BCUT2D eigenvalue weighted by molar-refractivity contribution is -0.160. The second kappa shape index (κ2) is 9.10. The molecule has 1 heterocycles. The van der Waals surface area contributed by atoms with E-state index in [0.29, 0.717) is 6.61 Å². The van der Waals surface area contributed by atoms with E-state index in [0.717, 1.165) is 45.1 Å². The highest BCUT2D eigenvalue weighted by Crippen LogP contribution is 2.17. The zero-order chi connectivity index (χ0) is 15.8. The molecule has 6 nitrogen and oxygen atoms in total. The van der Waals surface area contributed by atoms with Crippen LogP contribution in [-0.2, 0) is 23.8 Å². The Hall–Kier alpha value is -1.14. The minimum Gasteiger partial charge on any atom is -0.454 e. The SMILES string of the molecule is CC(OCC1CCCO1)C(=O)OCC(=O)NC1CCCCC1. The molecule has 126 valence electrons. The van der Waals surface area contributed by atoms with Crippen molar-refractivity contribution in [3.05, 3.63) is 0 Å². The standard InChI is InChI=1S/C16H27NO5/c1-12(21-10-14-8-5-9-20-14)16(19)22-11-15(18)17-13-6-3-2-4-7-13/h12-14H,2-11H2,1H3,(H,17,18). The maximum absolute atomic E-state index is 11.8. The molecule has 0 aromatic carbocycles. The van der Waals surface area contributed by atoms with E-state index in [1.807, 2.05) is 0 Å². The van der Waals surface area contributed by atoms with E-state index >= 15 is 0 Å². The number of amides is 1. The van der Waals surface area contributed by atoms with Crippen LogP contribution in [-0.4, -0.2) is 49.9 Å². The average molecular weight is 313 g/mol. The number of rotatable bonds is 7. The van der Waals surface area contributed by atoms with E-state index in [2.05, 4.69) is 5.32 Å². The number of hydrogen-bond donors (Lipinski definition) is 1. The quantitative estimate of drug-likeness (QED) is 0.722. The molecule has 2 unspecified atom stereocenters. The number of carbonyl (C=O) groups is 2. The fourth-order valence-electron chi connectivity index (χ4n) is 2.87. The van der Waals surface area contributed by atoms with Gasteiger partial charge in [0.25, 0.3) is 5.91 Å². The van der Waals surface area contributed by atoms with Crippen LogP contribution in [0, 0.1) is 0 Å². The third-order valence-electron chi connectivity index (χ3n) is 4.20. The highest BCUT2D eigenvalue weighted by atomic mass is 16.6. The number of ether oxygens (including phenoxy) is 3. The lowest BCUT2D eigenvalue weighted by Crippen LogP contribution is -2.39. The van der Waals surface area contributed by atoms with Crippen molar-refractivity contribution >= 4 is 11.9 Å². The van der Waals surface area contributed by atoms with Crippen molar-refractivity contribution in [1.29, 1.82) is 0 Å². The summed E-state index contributed by atoms with van der Waals surface area (Å²) in [4.78, 5) is 23.5. The molecular weight excluding hydrogens is 286 g/mol. The van der Waals surface area contributed by atoms with Crippen LogP contribution in [0.4, 0.5) is 0 Å². The van der Waals surface area contributed by atoms with Gasteiger partial charge in [0.05, 0.1) is 12.7 Å². The number of esters is 1. The molecule has 1 saturated carbocycles. The van der Waals surface area contributed by atoms with Gasteiger partial charge in [-0.2, -0.15) is 0 Å². The summed E-state index contributed by atoms with van der Waals surface area (Å²) in [6.45, 7) is 2.55. The normalized spacial score (nSPS) is 24.0. The summed E-state index contributed by atoms with van der Waals surface area (Å²) in [7, 11) is 0. The molecule has 22 heavy (non-hydrogen) atoms. The summed E-state index contributed by atoms with van der Waals surface area (Å²) >= 11 is 0. The molecule has 2 fully saturated rings. The fourth-order valence-corrected chi connectivity index (χ4v) is 2.87. The Balaban J connectivity index is 1.57. The van der Waals surface area contributed by atoms with Crippen LogP contribution in [0.25, 0.3) is 0 Å². The number of carbonyl (C=O) groups excluding carboxylic acids is 2. The minimum absolute atomic E-state index is 0.0739. The van der Waals surface area contributed by atoms with E-state index < -0.39 is 12.1 Å². The highest BCUT2D eigenvalue weighted by Gasteiger charge is 2.22. The molecule has 2 atom stereocenters. The van der Waals surface area contributed by atoms with Crippen molar-refractivity contribution in [1.82, 2.24) is 5.32 Å². The lowest BCUT2D eigenvalue weighted by atomic mass is 9.95. The van der Waals surface area contributed by atoms with Gasteiger partial charge in [-0.3, -0.25) is 4.79 Å². The van der Waals surface area contributed by atoms with Crippen LogP contribution in [0.5, 0.6) is 0 Å². The molecule has 1 N–H and O–H groups in total. The van der Waals surface area contributed by atoms with Crippen LogP contribution in [0.2, 0.25) is 0 Å². The first-order valence-electron chi connectivity index (χ1n) is 8.34. The van der Waals surface area contributed by atoms with Crippen LogP contribution in [0.15, 0.2) is 0 Å². The Bertz CT molecular complexity index is 362. The zero-order valence-corrected chi connectivity index (χ0v) is 13.3. The van der Waals surface area contributed by atoms with Crippen LogP contribution in [0.3, 0.4) is 0 Å². The van der Waals surface area contributed by atoms with Crippen molar-refractivity contribution in [3.8, 4) is 0 Å². The van der Waals surface area contributed by atoms with E-state index in [1.165, 1.54) is 6.42 Å². The second-order valence-electron chi connectivity index (χ2n) is 6.12. The molecule has 6 heteroatoms. The molecule has 1 saturated heterocycles. The van der Waals surface area contributed by atoms with Crippen molar-refractivity contribution in [3.63, 3.8) is 0 Å². The van der Waals surface area contributed by atoms with Crippen LogP contribution in [0.1, 0.15) is 51.9 Å². The number of nitrogens with one attached hydrogen (secondary N) is 1. The van der Waals surface area contributed by atoms with Gasteiger partial charge in [0.2, 0.25) is 0 Å². The first-order valence-corrected chi connectivity index (χ1v) is 8.34. The molecule has 0 spiro atoms. The van der Waals surface area contributed by atoms with E-state index in [4.69, 9.17) is 14.2 Å². The van der Waals surface area contributed by atoms with E-state index in [9.17, 15) is 9.59 Å². The summed E-state index contributed by atoms with van der Waals surface area (Å²) in [6, 6.07) is 0.230. The third-order valence-corrected chi connectivity index (χ3v) is 4.20. The molecule has 0 aromatic rings. The molecule has 1 amide bonds. The van der Waals surface area contributed by atoms with E-state index in [1.54, 1.807) is 6.92 Å². The Labute approximate surface area is 131 Å². The zero-order valence-electron chi connectivity index (χ0n) is 13.3. The van der Waals surface area contributed by atoms with Gasteiger partial charge in [0, 0.05) is 12.6 Å². The maximum Gasteiger partial charge on any atom is 0.335 e. The monoisotopic (exact) mass is 313 g/mol. The molecule has 1 aliphatic carbocycles. The third kappa shape index (κ3) is 5.93. The van der Waals surface area contributed by atoms with Crippen LogP contribution >= 0.6 is 0 Å². The van der Waals surface area contributed by atoms with Gasteiger partial charge >= 0.3 is 5.97 Å². The van der Waals surface area contributed by atoms with Gasteiger partial charge < -0.3 is 19.5 Å². The molecule has 1 aliphatic heterocycles. The van der Waals surface area contributed by atoms with E-state index in [-0.39, 0.29) is 24.7 Å². The molecule has 2 rings (SSSR count). The predicted molar refractivity (Wildman–Crippen MR) is 80.4 cm³/mol. The van der Waals surface area contributed by atoms with Crippen molar-refractivity contribution < 1.29 is 23.8 Å². The van der Waals surface area contributed by atoms with Crippen molar-refractivity contribution in [2.24, 2.45) is 0 Å². The summed E-state index contributed by atoms with van der Waals surface area (Å²) in [6.07, 6.45) is 6.97. The molecule has 0 aromatic heterocycles. The van der Waals surface area contributed by atoms with Gasteiger partial charge in [-0.05, 0) is 32.6 Å². The Morgan fingerprint density at radius 2 is 1.95 bits per heavy atom. The van der Waals surface area contributed by atoms with Crippen LogP contribution < -0.4 is 5.32 Å². The lowest BCUT2D eigenvalue weighted by Gasteiger charge is -2.22. The predicted octanol–water partition coefficient (Wildman–Crippen LogP) is 1.56. The van der Waals surface area contributed by atoms with Gasteiger partial charge in [-0.1, -0.05) is 19.3 Å². The first-order chi connectivity index (χ1) is 10.6. The Morgan fingerprint density at radius 3 is 2.64 bits per heavy atom. The van der Waals surface area contributed by atoms with Gasteiger partial charge in [-0.15, -0.1) is 0 Å². The average Bonchev–Trinajstić information content (AvgIpc) is 3.04.